The van der Waals surface area contributed by atoms with Crippen LogP contribution in [0.25, 0.3) is 10.2 Å². The van der Waals surface area contributed by atoms with Crippen molar-refractivity contribution in [1.82, 2.24) is 9.97 Å². The first-order valence-electron chi connectivity index (χ1n) is 10.4. The summed E-state index contributed by atoms with van der Waals surface area (Å²) >= 11 is 7.71. The number of nitrogens with zero attached hydrogens (tertiary/aromatic N) is 3. The molecule has 4 aromatic rings. The Morgan fingerprint density at radius 1 is 1.06 bits per heavy atom. The zero-order valence-corrected chi connectivity index (χ0v) is 20.3. The fourth-order valence-corrected chi connectivity index (χ4v) is 6.08. The second-order valence-corrected chi connectivity index (χ2v) is 11.1. The van der Waals surface area contributed by atoms with E-state index in [0.29, 0.717) is 15.8 Å². The molecule has 2 heterocycles. The van der Waals surface area contributed by atoms with Crippen LogP contribution in [0.2, 0.25) is 5.02 Å². The van der Waals surface area contributed by atoms with E-state index in [0.717, 1.165) is 15.8 Å². The first-order chi connectivity index (χ1) is 15.8. The first kappa shape index (κ1) is 23.4. The molecule has 0 radical (unpaired) electrons. The molecule has 0 aliphatic rings. The van der Waals surface area contributed by atoms with E-state index in [-0.39, 0.29) is 35.9 Å². The first-order valence-corrected chi connectivity index (χ1v) is 13.2. The van der Waals surface area contributed by atoms with Crippen LogP contribution in [0, 0.1) is 6.92 Å². The van der Waals surface area contributed by atoms with Gasteiger partial charge >= 0.3 is 0 Å². The lowest BCUT2D eigenvalue weighted by Crippen LogP contribution is -2.30. The molecule has 0 bridgehead atoms. The number of benzene rings is 2. The maximum atomic E-state index is 13.3. The van der Waals surface area contributed by atoms with Gasteiger partial charge in [0.2, 0.25) is 5.91 Å². The van der Waals surface area contributed by atoms with Gasteiger partial charge in [0.05, 0.1) is 38.1 Å². The maximum absolute atomic E-state index is 13.3. The van der Waals surface area contributed by atoms with Gasteiger partial charge in [-0.2, -0.15) is 0 Å². The number of amides is 1. The summed E-state index contributed by atoms with van der Waals surface area (Å²) in [7, 11) is -3.45. The Morgan fingerprint density at radius 3 is 2.52 bits per heavy atom. The van der Waals surface area contributed by atoms with Crippen LogP contribution in [0.5, 0.6) is 0 Å². The molecule has 2 aromatic carbocycles. The van der Waals surface area contributed by atoms with E-state index in [4.69, 9.17) is 11.6 Å². The highest BCUT2D eigenvalue weighted by Crippen LogP contribution is 2.36. The lowest BCUT2D eigenvalue weighted by atomic mass is 10.2. The van der Waals surface area contributed by atoms with Gasteiger partial charge in [0, 0.05) is 12.6 Å². The van der Waals surface area contributed by atoms with Crippen LogP contribution in [-0.2, 0) is 21.2 Å². The molecule has 0 saturated heterocycles. The van der Waals surface area contributed by atoms with E-state index >= 15 is 0 Å². The molecule has 0 saturated carbocycles. The molecule has 6 nitrogen and oxygen atoms in total. The van der Waals surface area contributed by atoms with Gasteiger partial charge in [-0.1, -0.05) is 53.3 Å². The number of halogens is 1. The Kier molecular flexibility index (Phi) is 7.07. The number of hydrogen-bond acceptors (Lipinski definition) is 6. The van der Waals surface area contributed by atoms with Crippen LogP contribution in [-0.4, -0.2) is 30.0 Å². The quantitative estimate of drug-likeness (QED) is 0.322. The summed E-state index contributed by atoms with van der Waals surface area (Å²) in [4.78, 5) is 24.1. The number of aryl methyl sites for hydroxylation is 1. The topological polar surface area (TPSA) is 80.2 Å². The second kappa shape index (κ2) is 9.99. The highest BCUT2D eigenvalue weighted by atomic mass is 35.5. The highest BCUT2D eigenvalue weighted by molar-refractivity contribution is 7.91. The van der Waals surface area contributed by atoms with Crippen molar-refractivity contribution in [2.75, 3.05) is 10.7 Å². The molecule has 0 aliphatic carbocycles. The van der Waals surface area contributed by atoms with Gasteiger partial charge in [0.15, 0.2) is 15.0 Å². The average molecular weight is 500 g/mol. The lowest BCUT2D eigenvalue weighted by Gasteiger charge is -2.19. The van der Waals surface area contributed by atoms with E-state index in [1.54, 1.807) is 41.4 Å². The van der Waals surface area contributed by atoms with Gasteiger partial charge in [0.1, 0.15) is 0 Å². The summed E-state index contributed by atoms with van der Waals surface area (Å²) in [6, 6.07) is 17.5. The van der Waals surface area contributed by atoms with Crippen molar-refractivity contribution < 1.29 is 13.2 Å². The van der Waals surface area contributed by atoms with E-state index in [9.17, 15) is 13.2 Å². The normalized spacial score (nSPS) is 11.6. The molecule has 0 aliphatic heterocycles. The van der Waals surface area contributed by atoms with Crippen molar-refractivity contribution in [2.24, 2.45) is 0 Å². The van der Waals surface area contributed by atoms with Crippen molar-refractivity contribution in [1.29, 1.82) is 0 Å². The van der Waals surface area contributed by atoms with Crippen LogP contribution < -0.4 is 4.90 Å². The summed E-state index contributed by atoms with van der Waals surface area (Å²) in [6.07, 6.45) is 1.95. The Balaban J connectivity index is 1.57. The monoisotopic (exact) mass is 499 g/mol. The van der Waals surface area contributed by atoms with Gasteiger partial charge in [-0.15, -0.1) is 0 Å². The molecule has 0 fully saturated rings. The average Bonchev–Trinajstić information content (AvgIpc) is 3.27. The number of thiazole rings is 1. The summed E-state index contributed by atoms with van der Waals surface area (Å²) in [6.45, 7) is 2.18. The predicted molar refractivity (Wildman–Crippen MR) is 133 cm³/mol. The third-order valence-corrected chi connectivity index (χ3v) is 8.53. The largest absolute Gasteiger partial charge is 0.282 e. The molecule has 0 N–H and O–H groups in total. The van der Waals surface area contributed by atoms with Crippen LogP contribution in [0.4, 0.5) is 5.13 Å². The number of fused-ring (bicyclic) bond motifs is 1. The molecule has 0 unspecified atom stereocenters. The SMILES string of the molecule is Cc1ccc(Cl)c2sc(N(Cc3ccccn3)C(=O)CCCS(=O)(=O)c3ccccc3)nc12. The Bertz CT molecular complexity index is 1340. The molecular weight excluding hydrogens is 478 g/mol. The van der Waals surface area contributed by atoms with Crippen molar-refractivity contribution in [3.8, 4) is 0 Å². The molecule has 33 heavy (non-hydrogen) atoms. The summed E-state index contributed by atoms with van der Waals surface area (Å²) in [5.41, 5.74) is 2.44. The number of sulfone groups is 1. The molecule has 9 heteroatoms. The van der Waals surface area contributed by atoms with Gasteiger partial charge < -0.3 is 0 Å². The van der Waals surface area contributed by atoms with Crippen molar-refractivity contribution in [3.05, 3.63) is 83.1 Å². The zero-order chi connectivity index (χ0) is 23.4. The van der Waals surface area contributed by atoms with Gasteiger partial charge in [-0.3, -0.25) is 14.7 Å². The molecule has 0 atom stereocenters. The van der Waals surface area contributed by atoms with Crippen LogP contribution in [0.3, 0.4) is 0 Å². The van der Waals surface area contributed by atoms with Crippen LogP contribution in [0.1, 0.15) is 24.1 Å². The van der Waals surface area contributed by atoms with Gasteiger partial charge in [0.25, 0.3) is 0 Å². The van der Waals surface area contributed by atoms with Crippen molar-refractivity contribution in [3.63, 3.8) is 0 Å². The Morgan fingerprint density at radius 2 is 1.82 bits per heavy atom. The zero-order valence-electron chi connectivity index (χ0n) is 17.9. The van der Waals surface area contributed by atoms with Crippen molar-refractivity contribution >= 4 is 54.0 Å². The minimum Gasteiger partial charge on any atom is -0.282 e. The summed E-state index contributed by atoms with van der Waals surface area (Å²) in [5, 5.41) is 1.10. The van der Waals surface area contributed by atoms with E-state index < -0.39 is 9.84 Å². The maximum Gasteiger partial charge on any atom is 0.229 e. The second-order valence-electron chi connectivity index (χ2n) is 7.57. The number of anilines is 1. The number of aromatic nitrogens is 2. The molecule has 0 spiro atoms. The van der Waals surface area contributed by atoms with Gasteiger partial charge in [-0.25, -0.2) is 13.4 Å². The molecule has 2 aromatic heterocycles. The fourth-order valence-electron chi connectivity index (χ4n) is 3.42. The third-order valence-electron chi connectivity index (χ3n) is 5.17. The van der Waals surface area contributed by atoms with E-state index in [1.165, 1.54) is 11.3 Å². The van der Waals surface area contributed by atoms with E-state index in [1.807, 2.05) is 37.3 Å². The molecular formula is C24H22ClN3O3S2. The summed E-state index contributed by atoms with van der Waals surface area (Å²) in [5.74, 6) is -0.318. The third kappa shape index (κ3) is 5.40. The Labute approximate surface area is 201 Å². The summed E-state index contributed by atoms with van der Waals surface area (Å²) < 4.78 is 26.0. The number of carbonyl (C=O) groups excluding carboxylic acids is 1. The minimum absolute atomic E-state index is 0.0710. The van der Waals surface area contributed by atoms with Gasteiger partial charge in [-0.05, 0) is 49.2 Å². The predicted octanol–water partition coefficient (Wildman–Crippen LogP) is 5.44. The Hall–Kier alpha value is -2.81. The van der Waals surface area contributed by atoms with Crippen LogP contribution in [0.15, 0.2) is 71.8 Å². The smallest absolute Gasteiger partial charge is 0.229 e. The number of rotatable bonds is 8. The number of carbonyl (C=O) groups is 1. The van der Waals surface area contributed by atoms with E-state index in [2.05, 4.69) is 9.97 Å². The molecule has 1 amide bonds. The molecule has 4 rings (SSSR count). The lowest BCUT2D eigenvalue weighted by molar-refractivity contribution is -0.118. The number of hydrogen-bond donors (Lipinski definition) is 0. The van der Waals surface area contributed by atoms with Crippen LogP contribution >= 0.6 is 22.9 Å². The highest BCUT2D eigenvalue weighted by Gasteiger charge is 2.23. The number of pyridine rings is 1. The minimum atomic E-state index is -3.45. The molecule has 170 valence electrons. The standard InChI is InChI=1S/C24H22ClN3O3S2/c1-17-12-13-20(25)23-22(17)27-24(32-23)28(16-18-8-5-6-14-26-18)21(29)11-7-15-33(30,31)19-9-3-2-4-10-19/h2-6,8-10,12-14H,7,11,15-16H2,1H3. The fraction of sp³-hybridized carbons (Fsp3) is 0.208. The van der Waals surface area contributed by atoms with Crippen molar-refractivity contribution in [2.45, 2.75) is 31.2 Å².